The van der Waals surface area contributed by atoms with Gasteiger partial charge in [0.25, 0.3) is 0 Å². The molecule has 0 spiro atoms. The number of nitrogens with two attached hydrogens (primary N) is 1. The third-order valence-corrected chi connectivity index (χ3v) is 3.44. The van der Waals surface area contributed by atoms with Gasteiger partial charge in [0.05, 0.1) is 0 Å². The first-order valence-corrected chi connectivity index (χ1v) is 6.67. The summed E-state index contributed by atoms with van der Waals surface area (Å²) in [5.74, 6) is 1.17. The minimum Gasteiger partial charge on any atom is -0.396 e. The Morgan fingerprint density at radius 2 is 2.35 bits per heavy atom. The van der Waals surface area contributed by atoms with Crippen molar-refractivity contribution >= 4 is 27.7 Å². The Kier molecular flexibility index (Phi) is 4.17. The van der Waals surface area contributed by atoms with E-state index < -0.39 is 0 Å². The zero-order chi connectivity index (χ0) is 12.3. The van der Waals surface area contributed by atoms with E-state index in [1.54, 1.807) is 6.07 Å². The Hall–Kier alpha value is -0.880. The fourth-order valence-electron chi connectivity index (χ4n) is 2.28. The molecule has 5 nitrogen and oxygen atoms in total. The predicted octanol–water partition coefficient (Wildman–Crippen LogP) is 1.56. The van der Waals surface area contributed by atoms with Crippen LogP contribution in [0.4, 0.5) is 11.8 Å². The van der Waals surface area contributed by atoms with Gasteiger partial charge in [-0.3, -0.25) is 0 Å². The molecule has 0 radical (unpaired) electrons. The predicted molar refractivity (Wildman–Crippen MR) is 70.8 cm³/mol. The van der Waals surface area contributed by atoms with Crippen LogP contribution in [-0.2, 0) is 0 Å². The van der Waals surface area contributed by atoms with Crippen molar-refractivity contribution in [3.8, 4) is 0 Å². The van der Waals surface area contributed by atoms with E-state index in [1.165, 1.54) is 0 Å². The summed E-state index contributed by atoms with van der Waals surface area (Å²) < 4.78 is 0.716. The summed E-state index contributed by atoms with van der Waals surface area (Å²) in [6.07, 6.45) is 4.08. The highest BCUT2D eigenvalue weighted by Gasteiger charge is 2.26. The lowest BCUT2D eigenvalue weighted by molar-refractivity contribution is 0.279. The highest BCUT2D eigenvalue weighted by molar-refractivity contribution is 9.10. The van der Waals surface area contributed by atoms with Crippen molar-refractivity contribution in [2.75, 3.05) is 23.8 Å². The van der Waals surface area contributed by atoms with E-state index in [0.29, 0.717) is 22.4 Å². The van der Waals surface area contributed by atoms with Crippen LogP contribution in [0.15, 0.2) is 10.7 Å². The van der Waals surface area contributed by atoms with Gasteiger partial charge in [0.1, 0.15) is 10.4 Å². The molecule has 0 amide bonds. The van der Waals surface area contributed by atoms with Gasteiger partial charge in [-0.2, -0.15) is 4.98 Å². The largest absolute Gasteiger partial charge is 0.396 e. The second kappa shape index (κ2) is 5.64. The molecule has 1 atom stereocenters. The van der Waals surface area contributed by atoms with E-state index in [0.717, 1.165) is 32.2 Å². The van der Waals surface area contributed by atoms with Gasteiger partial charge in [-0.15, -0.1) is 0 Å². The molecule has 1 fully saturated rings. The van der Waals surface area contributed by atoms with Gasteiger partial charge in [-0.1, -0.05) is 0 Å². The lowest BCUT2D eigenvalue weighted by atomic mass is 10.1. The molecule has 0 bridgehead atoms. The highest BCUT2D eigenvalue weighted by atomic mass is 79.9. The molecule has 94 valence electrons. The summed E-state index contributed by atoms with van der Waals surface area (Å²) in [6.45, 7) is 1.21. The number of hydrogen-bond acceptors (Lipinski definition) is 5. The molecule has 1 aromatic rings. The van der Waals surface area contributed by atoms with Gasteiger partial charge in [-0.25, -0.2) is 4.98 Å². The molecule has 1 saturated heterocycles. The van der Waals surface area contributed by atoms with Crippen molar-refractivity contribution in [3.63, 3.8) is 0 Å². The molecule has 0 aromatic carbocycles. The normalized spacial score (nSPS) is 19.9. The van der Waals surface area contributed by atoms with Crippen LogP contribution in [0.1, 0.15) is 25.7 Å². The fraction of sp³-hybridized carbons (Fsp3) is 0.636. The van der Waals surface area contributed by atoms with Gasteiger partial charge in [0.15, 0.2) is 0 Å². The van der Waals surface area contributed by atoms with Crippen molar-refractivity contribution in [1.29, 1.82) is 0 Å². The van der Waals surface area contributed by atoms with Crippen LogP contribution >= 0.6 is 15.9 Å². The smallest absolute Gasteiger partial charge is 0.228 e. The van der Waals surface area contributed by atoms with Gasteiger partial charge in [0.2, 0.25) is 5.95 Å². The highest BCUT2D eigenvalue weighted by Crippen LogP contribution is 2.27. The molecule has 2 heterocycles. The second-order valence-corrected chi connectivity index (χ2v) is 5.08. The number of halogens is 1. The van der Waals surface area contributed by atoms with Crippen LogP contribution in [0.3, 0.4) is 0 Å². The van der Waals surface area contributed by atoms with Crippen LogP contribution in [0, 0.1) is 0 Å². The quantitative estimate of drug-likeness (QED) is 0.826. The van der Waals surface area contributed by atoms with Crippen LogP contribution in [-0.4, -0.2) is 34.3 Å². The van der Waals surface area contributed by atoms with Crippen LogP contribution in [0.2, 0.25) is 0 Å². The summed E-state index contributed by atoms with van der Waals surface area (Å²) in [4.78, 5) is 10.8. The molecular weight excluding hydrogens is 284 g/mol. The van der Waals surface area contributed by atoms with E-state index in [1.807, 2.05) is 0 Å². The molecule has 17 heavy (non-hydrogen) atoms. The summed E-state index contributed by atoms with van der Waals surface area (Å²) in [6, 6.07) is 2.12. The first kappa shape index (κ1) is 12.6. The lowest BCUT2D eigenvalue weighted by Gasteiger charge is -2.24. The minimum absolute atomic E-state index is 0.242. The monoisotopic (exact) mass is 300 g/mol. The zero-order valence-corrected chi connectivity index (χ0v) is 11.2. The fourth-order valence-corrected chi connectivity index (χ4v) is 2.67. The number of aliphatic hydroxyl groups excluding tert-OH is 1. The number of nitrogens with zero attached hydrogens (tertiary/aromatic N) is 3. The SMILES string of the molecule is Nc1cc(Br)nc(N2CCCC2CCCO)n1. The Bertz CT molecular complexity index is 367. The topological polar surface area (TPSA) is 75.3 Å². The molecule has 0 aliphatic carbocycles. The van der Waals surface area contributed by atoms with E-state index in [2.05, 4.69) is 30.8 Å². The van der Waals surface area contributed by atoms with Crippen molar-refractivity contribution in [3.05, 3.63) is 10.7 Å². The number of aliphatic hydroxyl groups is 1. The number of nitrogen functional groups attached to an aromatic ring is 1. The van der Waals surface area contributed by atoms with Gasteiger partial charge < -0.3 is 15.7 Å². The number of anilines is 2. The van der Waals surface area contributed by atoms with Crippen molar-refractivity contribution in [1.82, 2.24) is 9.97 Å². The van der Waals surface area contributed by atoms with Gasteiger partial charge in [-0.05, 0) is 41.6 Å². The standard InChI is InChI=1S/C11H17BrN4O/c12-9-7-10(13)15-11(14-9)16-5-1-3-8(16)4-2-6-17/h7-8,17H,1-6H2,(H2,13,14,15). The molecule has 1 aliphatic rings. The first-order valence-electron chi connectivity index (χ1n) is 5.88. The summed E-state index contributed by atoms with van der Waals surface area (Å²) in [5.41, 5.74) is 5.72. The minimum atomic E-state index is 0.242. The van der Waals surface area contributed by atoms with Gasteiger partial charge >= 0.3 is 0 Å². The first-order chi connectivity index (χ1) is 8.20. The van der Waals surface area contributed by atoms with E-state index in [-0.39, 0.29) is 6.61 Å². The maximum Gasteiger partial charge on any atom is 0.228 e. The van der Waals surface area contributed by atoms with Crippen molar-refractivity contribution in [2.45, 2.75) is 31.7 Å². The van der Waals surface area contributed by atoms with Gasteiger partial charge in [0, 0.05) is 25.3 Å². The van der Waals surface area contributed by atoms with E-state index in [9.17, 15) is 0 Å². The average Bonchev–Trinajstić information content (AvgIpc) is 2.73. The maximum absolute atomic E-state index is 8.89. The van der Waals surface area contributed by atoms with Crippen molar-refractivity contribution < 1.29 is 5.11 Å². The lowest BCUT2D eigenvalue weighted by Crippen LogP contribution is -2.31. The molecule has 2 rings (SSSR count). The van der Waals surface area contributed by atoms with Crippen LogP contribution in [0.25, 0.3) is 0 Å². The van der Waals surface area contributed by atoms with Crippen molar-refractivity contribution in [2.24, 2.45) is 0 Å². The second-order valence-electron chi connectivity index (χ2n) is 4.27. The Balaban J connectivity index is 2.14. The zero-order valence-electron chi connectivity index (χ0n) is 9.64. The molecule has 3 N–H and O–H groups in total. The average molecular weight is 301 g/mol. The molecule has 6 heteroatoms. The van der Waals surface area contributed by atoms with Crippen LogP contribution in [0.5, 0.6) is 0 Å². The number of rotatable bonds is 4. The summed E-state index contributed by atoms with van der Waals surface area (Å²) >= 11 is 3.33. The van der Waals surface area contributed by atoms with E-state index in [4.69, 9.17) is 10.8 Å². The molecule has 1 aromatic heterocycles. The number of hydrogen-bond donors (Lipinski definition) is 2. The van der Waals surface area contributed by atoms with Crippen LogP contribution < -0.4 is 10.6 Å². The maximum atomic E-state index is 8.89. The van der Waals surface area contributed by atoms with E-state index >= 15 is 0 Å². The summed E-state index contributed by atoms with van der Waals surface area (Å²) in [7, 11) is 0. The molecule has 1 aliphatic heterocycles. The molecule has 0 saturated carbocycles. The Labute approximate surface area is 109 Å². The Morgan fingerprint density at radius 1 is 1.53 bits per heavy atom. The number of aromatic nitrogens is 2. The summed E-state index contributed by atoms with van der Waals surface area (Å²) in [5, 5.41) is 8.89. The molecule has 1 unspecified atom stereocenters. The third-order valence-electron chi connectivity index (χ3n) is 3.03. The Morgan fingerprint density at radius 3 is 3.06 bits per heavy atom. The third kappa shape index (κ3) is 3.07. The molecular formula is C11H17BrN4O.